The molecular weight excluding hydrogens is 453 g/mol. The average Bonchev–Trinajstić information content (AvgIpc) is 3.68. The van der Waals surface area contributed by atoms with Crippen molar-refractivity contribution in [3.8, 4) is 22.6 Å². The summed E-state index contributed by atoms with van der Waals surface area (Å²) in [6.07, 6.45) is 4.86. The van der Waals surface area contributed by atoms with E-state index in [0.717, 1.165) is 25.7 Å². The van der Waals surface area contributed by atoms with E-state index in [1.807, 2.05) is 0 Å². The van der Waals surface area contributed by atoms with Gasteiger partial charge in [0.1, 0.15) is 5.75 Å². The van der Waals surface area contributed by atoms with Crippen LogP contribution in [-0.2, 0) is 20.9 Å². The molecule has 2 aliphatic carbocycles. The Morgan fingerprint density at radius 1 is 1.03 bits per heavy atom. The SMILES string of the molecule is COc1cc(-c2ccc(NC(=O)[C@@H]3CCCC[C@@H]3C(=O)O)cc2COC2CC2)c(F)c(OC)c1C. The molecule has 8 heteroatoms. The van der Waals surface area contributed by atoms with Crippen LogP contribution in [0.1, 0.15) is 49.7 Å². The Kier molecular flexibility index (Phi) is 7.60. The van der Waals surface area contributed by atoms with E-state index in [-0.39, 0.29) is 24.4 Å². The molecule has 1 amide bonds. The third kappa shape index (κ3) is 5.42. The summed E-state index contributed by atoms with van der Waals surface area (Å²) in [5.41, 5.74) is 2.72. The van der Waals surface area contributed by atoms with Crippen LogP contribution in [0.4, 0.5) is 10.1 Å². The number of carboxylic acids is 1. The monoisotopic (exact) mass is 485 g/mol. The third-order valence-electron chi connectivity index (χ3n) is 6.93. The lowest BCUT2D eigenvalue weighted by Crippen LogP contribution is -2.36. The number of carboxylic acid groups (broad SMARTS) is 1. The van der Waals surface area contributed by atoms with E-state index in [0.29, 0.717) is 46.5 Å². The standard InChI is InChI=1S/C27H32FNO6/c1-15-23(33-2)13-22(24(28)25(15)34-3)19-11-8-17(12-16(19)14-35-18-9-10-18)29-26(30)20-6-4-5-7-21(20)27(31)32/h8,11-13,18,20-21H,4-7,9-10,14H2,1-3H3,(H,29,30)(H,31,32)/t20-,21+/m1/s1. The first-order chi connectivity index (χ1) is 16.8. The number of amides is 1. The van der Waals surface area contributed by atoms with Crippen molar-refractivity contribution >= 4 is 17.6 Å². The molecule has 2 saturated carbocycles. The minimum atomic E-state index is -0.934. The van der Waals surface area contributed by atoms with Gasteiger partial charge in [-0.1, -0.05) is 18.9 Å². The molecule has 2 aliphatic rings. The Morgan fingerprint density at radius 3 is 2.37 bits per heavy atom. The maximum Gasteiger partial charge on any atom is 0.307 e. The minimum Gasteiger partial charge on any atom is -0.496 e. The highest BCUT2D eigenvalue weighted by atomic mass is 19.1. The Bertz CT molecular complexity index is 1110. The highest BCUT2D eigenvalue weighted by molar-refractivity contribution is 5.95. The molecule has 2 fully saturated rings. The van der Waals surface area contributed by atoms with Crippen LogP contribution in [0.3, 0.4) is 0 Å². The summed E-state index contributed by atoms with van der Waals surface area (Å²) in [4.78, 5) is 24.6. The molecule has 2 N–H and O–H groups in total. The van der Waals surface area contributed by atoms with Crippen molar-refractivity contribution < 1.29 is 33.3 Å². The van der Waals surface area contributed by atoms with Crippen LogP contribution in [0.15, 0.2) is 24.3 Å². The van der Waals surface area contributed by atoms with E-state index in [2.05, 4.69) is 5.32 Å². The summed E-state index contributed by atoms with van der Waals surface area (Å²) < 4.78 is 32.1. The van der Waals surface area contributed by atoms with Crippen molar-refractivity contribution in [1.82, 2.24) is 0 Å². The quantitative estimate of drug-likeness (QED) is 0.499. The predicted molar refractivity (Wildman–Crippen MR) is 129 cm³/mol. The molecule has 0 bridgehead atoms. The molecule has 35 heavy (non-hydrogen) atoms. The maximum atomic E-state index is 15.5. The van der Waals surface area contributed by atoms with Gasteiger partial charge in [-0.3, -0.25) is 9.59 Å². The zero-order chi connectivity index (χ0) is 25.1. The van der Waals surface area contributed by atoms with E-state index >= 15 is 4.39 Å². The molecular formula is C27H32FNO6. The number of rotatable bonds is 9. The van der Waals surface area contributed by atoms with Gasteiger partial charge in [-0.05, 0) is 61.9 Å². The number of hydrogen-bond acceptors (Lipinski definition) is 5. The molecule has 2 aromatic carbocycles. The van der Waals surface area contributed by atoms with Crippen LogP contribution in [0.5, 0.6) is 11.5 Å². The fourth-order valence-electron chi connectivity index (χ4n) is 4.82. The summed E-state index contributed by atoms with van der Waals surface area (Å²) in [5, 5.41) is 12.4. The number of nitrogens with one attached hydrogen (secondary N) is 1. The van der Waals surface area contributed by atoms with Crippen LogP contribution in [0.2, 0.25) is 0 Å². The third-order valence-corrected chi connectivity index (χ3v) is 6.93. The lowest BCUT2D eigenvalue weighted by molar-refractivity contribution is -0.147. The molecule has 0 saturated heterocycles. The highest BCUT2D eigenvalue weighted by Gasteiger charge is 2.35. The highest BCUT2D eigenvalue weighted by Crippen LogP contribution is 2.40. The smallest absolute Gasteiger partial charge is 0.307 e. The summed E-state index contributed by atoms with van der Waals surface area (Å²) in [6, 6.07) is 6.85. The Labute approximate surface area is 204 Å². The van der Waals surface area contributed by atoms with Gasteiger partial charge < -0.3 is 24.6 Å². The van der Waals surface area contributed by atoms with Crippen LogP contribution in [0, 0.1) is 24.6 Å². The molecule has 0 aliphatic heterocycles. The van der Waals surface area contributed by atoms with Gasteiger partial charge >= 0.3 is 5.97 Å². The molecule has 2 aromatic rings. The Hall–Kier alpha value is -3.13. The van der Waals surface area contributed by atoms with E-state index in [9.17, 15) is 14.7 Å². The number of anilines is 1. The second kappa shape index (κ2) is 10.6. The van der Waals surface area contributed by atoms with Crippen LogP contribution < -0.4 is 14.8 Å². The first-order valence-electron chi connectivity index (χ1n) is 12.0. The van der Waals surface area contributed by atoms with E-state index in [1.165, 1.54) is 14.2 Å². The number of carbonyl (C=O) groups is 2. The molecule has 188 valence electrons. The Morgan fingerprint density at radius 2 is 1.74 bits per heavy atom. The molecule has 4 rings (SSSR count). The van der Waals surface area contributed by atoms with E-state index in [1.54, 1.807) is 31.2 Å². The summed E-state index contributed by atoms with van der Waals surface area (Å²) in [6.45, 7) is 1.98. The van der Waals surface area contributed by atoms with Crippen LogP contribution in [0.25, 0.3) is 11.1 Å². The number of methoxy groups -OCH3 is 2. The maximum absolute atomic E-state index is 15.5. The summed E-state index contributed by atoms with van der Waals surface area (Å²) in [5.74, 6) is -2.37. The van der Waals surface area contributed by atoms with Crippen molar-refractivity contribution in [2.24, 2.45) is 11.8 Å². The van der Waals surface area contributed by atoms with E-state index in [4.69, 9.17) is 14.2 Å². The molecule has 2 atom stereocenters. The summed E-state index contributed by atoms with van der Waals surface area (Å²) in [7, 11) is 2.94. The van der Waals surface area contributed by atoms with Gasteiger partial charge in [0.15, 0.2) is 11.6 Å². The van der Waals surface area contributed by atoms with Gasteiger partial charge in [0.05, 0.1) is 38.8 Å². The number of carbonyl (C=O) groups excluding carboxylic acids is 1. The molecule has 0 aromatic heterocycles. The normalized spacial score (nSPS) is 19.8. The van der Waals surface area contributed by atoms with Gasteiger partial charge in [0.25, 0.3) is 0 Å². The number of aliphatic carboxylic acids is 1. The lowest BCUT2D eigenvalue weighted by Gasteiger charge is -2.27. The fraction of sp³-hybridized carbons (Fsp3) is 0.481. The van der Waals surface area contributed by atoms with Crippen molar-refractivity contribution in [3.05, 3.63) is 41.2 Å². The lowest BCUT2D eigenvalue weighted by atomic mass is 9.78. The van der Waals surface area contributed by atoms with Gasteiger partial charge in [-0.25, -0.2) is 4.39 Å². The molecule has 0 radical (unpaired) electrons. The molecule has 7 nitrogen and oxygen atoms in total. The second-order valence-electron chi connectivity index (χ2n) is 9.31. The molecule has 0 unspecified atom stereocenters. The predicted octanol–water partition coefficient (Wildman–Crippen LogP) is 5.33. The topological polar surface area (TPSA) is 94.1 Å². The van der Waals surface area contributed by atoms with E-state index < -0.39 is 23.6 Å². The summed E-state index contributed by atoms with van der Waals surface area (Å²) >= 11 is 0. The van der Waals surface area contributed by atoms with Crippen molar-refractivity contribution in [2.75, 3.05) is 19.5 Å². The van der Waals surface area contributed by atoms with Gasteiger partial charge in [0.2, 0.25) is 5.91 Å². The van der Waals surface area contributed by atoms with Crippen LogP contribution >= 0.6 is 0 Å². The number of benzene rings is 2. The zero-order valence-electron chi connectivity index (χ0n) is 20.4. The largest absolute Gasteiger partial charge is 0.496 e. The van der Waals surface area contributed by atoms with Crippen molar-refractivity contribution in [1.29, 1.82) is 0 Å². The van der Waals surface area contributed by atoms with Gasteiger partial charge in [0, 0.05) is 16.8 Å². The average molecular weight is 486 g/mol. The van der Waals surface area contributed by atoms with Crippen molar-refractivity contribution in [2.45, 2.75) is 58.2 Å². The number of hydrogen-bond donors (Lipinski definition) is 2. The fourth-order valence-corrected chi connectivity index (χ4v) is 4.82. The zero-order valence-corrected chi connectivity index (χ0v) is 20.4. The van der Waals surface area contributed by atoms with Gasteiger partial charge in [-0.2, -0.15) is 0 Å². The number of halogens is 1. The van der Waals surface area contributed by atoms with Gasteiger partial charge in [-0.15, -0.1) is 0 Å². The van der Waals surface area contributed by atoms with Crippen molar-refractivity contribution in [3.63, 3.8) is 0 Å². The first kappa shape index (κ1) is 25.0. The number of ether oxygens (including phenoxy) is 3. The second-order valence-corrected chi connectivity index (χ2v) is 9.31. The molecule has 0 heterocycles. The molecule has 0 spiro atoms. The van der Waals surface area contributed by atoms with Crippen LogP contribution in [-0.4, -0.2) is 37.3 Å². The minimum absolute atomic E-state index is 0.114. The first-order valence-corrected chi connectivity index (χ1v) is 12.0. The Balaban J connectivity index is 1.67.